The van der Waals surface area contributed by atoms with E-state index in [-0.39, 0.29) is 0 Å². The van der Waals surface area contributed by atoms with E-state index >= 15 is 0 Å². The van der Waals surface area contributed by atoms with Gasteiger partial charge < -0.3 is 5.43 Å². The maximum absolute atomic E-state index is 9.00. The minimum Gasteiger partial charge on any atom is -0.322 e. The molecule has 0 amide bonds. The summed E-state index contributed by atoms with van der Waals surface area (Å²) in [4.78, 5) is 4.36. The van der Waals surface area contributed by atoms with Gasteiger partial charge in [-0.2, -0.15) is 5.26 Å². The van der Waals surface area contributed by atoms with E-state index in [1.807, 2.05) is 18.2 Å². The van der Waals surface area contributed by atoms with Gasteiger partial charge in [-0.05, 0) is 11.5 Å². The van der Waals surface area contributed by atoms with Crippen molar-refractivity contribution in [2.45, 2.75) is 19.8 Å². The Kier molecular flexibility index (Phi) is 2.94. The zero-order valence-electron chi connectivity index (χ0n) is 9.86. The van der Waals surface area contributed by atoms with Gasteiger partial charge in [0.1, 0.15) is 6.07 Å². The Balaban J connectivity index is 2.84. The summed E-state index contributed by atoms with van der Waals surface area (Å²) in [5, 5.41) is 9.89. The molecule has 2 aromatic rings. The number of fused-ring (bicyclic) bond motifs is 1. The number of nitrogens with two attached hydrogens (primary N) is 1. The van der Waals surface area contributed by atoms with Crippen molar-refractivity contribution in [3.8, 4) is 6.07 Å². The fourth-order valence-electron chi connectivity index (χ4n) is 1.95. The van der Waals surface area contributed by atoms with E-state index in [0.717, 1.165) is 16.5 Å². The molecule has 0 saturated carbocycles. The smallest absolute Gasteiger partial charge is 0.103 e. The van der Waals surface area contributed by atoms with Gasteiger partial charge >= 0.3 is 0 Å². The molecule has 0 spiro atoms. The highest BCUT2D eigenvalue weighted by molar-refractivity contribution is 5.95. The number of nitriles is 1. The van der Waals surface area contributed by atoms with Crippen LogP contribution in [0.1, 0.15) is 30.9 Å². The third kappa shape index (κ3) is 1.81. The van der Waals surface area contributed by atoms with Gasteiger partial charge in [-0.25, -0.2) is 0 Å². The van der Waals surface area contributed by atoms with Crippen LogP contribution < -0.4 is 11.3 Å². The van der Waals surface area contributed by atoms with Crippen LogP contribution in [0.25, 0.3) is 10.9 Å². The van der Waals surface area contributed by atoms with Crippen molar-refractivity contribution in [3.05, 3.63) is 35.5 Å². The number of hydrogen-bond acceptors (Lipinski definition) is 4. The van der Waals surface area contributed by atoms with E-state index in [1.165, 1.54) is 0 Å². The van der Waals surface area contributed by atoms with Gasteiger partial charge in [0.15, 0.2) is 0 Å². The minimum atomic E-state index is 0.379. The summed E-state index contributed by atoms with van der Waals surface area (Å²) >= 11 is 0. The Labute approximate surface area is 100 Å². The SMILES string of the molecule is CC(C)c1cccc2c(NN)c(C#N)cnc12. The molecule has 0 atom stereocenters. The molecule has 4 nitrogen and oxygen atoms in total. The average Bonchev–Trinajstić information content (AvgIpc) is 2.36. The molecule has 2 rings (SSSR count). The normalized spacial score (nSPS) is 10.5. The maximum atomic E-state index is 9.00. The van der Waals surface area contributed by atoms with Crippen molar-refractivity contribution in [1.82, 2.24) is 4.98 Å². The van der Waals surface area contributed by atoms with Crippen LogP contribution in [0.15, 0.2) is 24.4 Å². The summed E-state index contributed by atoms with van der Waals surface area (Å²) in [6.45, 7) is 4.23. The number of para-hydroxylation sites is 1. The Bertz CT molecular complexity index is 596. The van der Waals surface area contributed by atoms with E-state index in [9.17, 15) is 0 Å². The van der Waals surface area contributed by atoms with E-state index in [4.69, 9.17) is 11.1 Å². The molecule has 0 fully saturated rings. The number of hydrogen-bond donors (Lipinski definition) is 2. The minimum absolute atomic E-state index is 0.379. The number of hydrazine groups is 1. The quantitative estimate of drug-likeness (QED) is 0.609. The molecule has 1 aromatic carbocycles. The van der Waals surface area contributed by atoms with Crippen LogP contribution in [0.3, 0.4) is 0 Å². The van der Waals surface area contributed by atoms with Crippen molar-refractivity contribution in [1.29, 1.82) is 5.26 Å². The number of pyridine rings is 1. The molecular weight excluding hydrogens is 212 g/mol. The van der Waals surface area contributed by atoms with E-state index in [0.29, 0.717) is 17.2 Å². The molecule has 0 saturated heterocycles. The molecule has 0 aliphatic rings. The standard InChI is InChI=1S/C13H14N4/c1-8(2)10-4-3-5-11-12(17-15)9(6-14)7-16-13(10)11/h3-5,7-8H,15H2,1-2H3,(H,16,17). The van der Waals surface area contributed by atoms with Crippen LogP contribution >= 0.6 is 0 Å². The van der Waals surface area contributed by atoms with Crippen LogP contribution in [0, 0.1) is 11.3 Å². The van der Waals surface area contributed by atoms with Crippen molar-refractivity contribution < 1.29 is 0 Å². The molecule has 0 aliphatic carbocycles. The van der Waals surface area contributed by atoms with E-state index in [2.05, 4.69) is 30.3 Å². The molecule has 0 aliphatic heterocycles. The zero-order valence-corrected chi connectivity index (χ0v) is 9.86. The maximum Gasteiger partial charge on any atom is 0.103 e. The summed E-state index contributed by atoms with van der Waals surface area (Å²) in [5.41, 5.74) is 5.74. The molecule has 0 bridgehead atoms. The molecule has 1 aromatic heterocycles. The predicted molar refractivity (Wildman–Crippen MR) is 68.4 cm³/mol. The number of anilines is 1. The van der Waals surface area contributed by atoms with Crippen molar-refractivity contribution >= 4 is 16.6 Å². The lowest BCUT2D eigenvalue weighted by molar-refractivity contribution is 0.873. The fraction of sp³-hybridized carbons (Fsp3) is 0.231. The van der Waals surface area contributed by atoms with Crippen LogP contribution in [0.4, 0.5) is 5.69 Å². The van der Waals surface area contributed by atoms with Crippen molar-refractivity contribution in [2.24, 2.45) is 5.84 Å². The highest BCUT2D eigenvalue weighted by atomic mass is 15.2. The van der Waals surface area contributed by atoms with Gasteiger partial charge in [0, 0.05) is 11.6 Å². The first-order valence-corrected chi connectivity index (χ1v) is 5.47. The Morgan fingerprint density at radius 1 is 1.41 bits per heavy atom. The molecule has 0 radical (unpaired) electrons. The lowest BCUT2D eigenvalue weighted by Crippen LogP contribution is -2.10. The first kappa shape index (κ1) is 11.4. The second-order valence-corrected chi connectivity index (χ2v) is 4.20. The Morgan fingerprint density at radius 3 is 2.76 bits per heavy atom. The summed E-state index contributed by atoms with van der Waals surface area (Å²) < 4.78 is 0. The fourth-order valence-corrected chi connectivity index (χ4v) is 1.95. The highest BCUT2D eigenvalue weighted by Crippen LogP contribution is 2.29. The summed E-state index contributed by atoms with van der Waals surface area (Å²) in [5.74, 6) is 5.87. The monoisotopic (exact) mass is 226 g/mol. The Morgan fingerprint density at radius 2 is 2.18 bits per heavy atom. The third-order valence-corrected chi connectivity index (χ3v) is 2.82. The molecule has 4 heteroatoms. The first-order chi connectivity index (χ1) is 8.19. The second-order valence-electron chi connectivity index (χ2n) is 4.20. The average molecular weight is 226 g/mol. The molecule has 86 valence electrons. The number of rotatable bonds is 2. The molecular formula is C13H14N4. The van der Waals surface area contributed by atoms with Gasteiger partial charge in [0.2, 0.25) is 0 Å². The number of aromatic nitrogens is 1. The molecule has 0 unspecified atom stereocenters. The molecule has 1 heterocycles. The highest BCUT2D eigenvalue weighted by Gasteiger charge is 2.11. The van der Waals surface area contributed by atoms with Crippen LogP contribution in [-0.2, 0) is 0 Å². The largest absolute Gasteiger partial charge is 0.322 e. The van der Waals surface area contributed by atoms with Crippen LogP contribution in [-0.4, -0.2) is 4.98 Å². The van der Waals surface area contributed by atoms with E-state index < -0.39 is 0 Å². The second kappa shape index (κ2) is 4.40. The molecule has 17 heavy (non-hydrogen) atoms. The lowest BCUT2D eigenvalue weighted by atomic mass is 9.98. The van der Waals surface area contributed by atoms with Crippen molar-refractivity contribution in [2.75, 3.05) is 5.43 Å². The summed E-state index contributed by atoms with van der Waals surface area (Å²) in [6.07, 6.45) is 1.56. The van der Waals surface area contributed by atoms with Gasteiger partial charge in [-0.3, -0.25) is 10.8 Å². The topological polar surface area (TPSA) is 74.7 Å². The summed E-state index contributed by atoms with van der Waals surface area (Å²) in [6, 6.07) is 8.01. The Hall–Kier alpha value is -2.12. The van der Waals surface area contributed by atoms with Crippen molar-refractivity contribution in [3.63, 3.8) is 0 Å². The predicted octanol–water partition coefficient (Wildman–Crippen LogP) is 2.52. The van der Waals surface area contributed by atoms with Crippen LogP contribution in [0.2, 0.25) is 0 Å². The zero-order chi connectivity index (χ0) is 12.4. The number of nitrogens with zero attached hydrogens (tertiary/aromatic N) is 2. The number of nitrogen functional groups attached to an aromatic ring is 1. The molecule has 3 N–H and O–H groups in total. The first-order valence-electron chi connectivity index (χ1n) is 5.47. The van der Waals surface area contributed by atoms with Gasteiger partial charge in [0.25, 0.3) is 0 Å². The lowest BCUT2D eigenvalue weighted by Gasteiger charge is -2.12. The number of nitrogens with one attached hydrogen (secondary N) is 1. The third-order valence-electron chi connectivity index (χ3n) is 2.82. The van der Waals surface area contributed by atoms with Gasteiger partial charge in [0.05, 0.1) is 16.8 Å². The van der Waals surface area contributed by atoms with Crippen LogP contribution in [0.5, 0.6) is 0 Å². The van der Waals surface area contributed by atoms with E-state index in [1.54, 1.807) is 6.20 Å². The number of benzene rings is 1. The van der Waals surface area contributed by atoms with Gasteiger partial charge in [-0.15, -0.1) is 0 Å². The van der Waals surface area contributed by atoms with Gasteiger partial charge in [-0.1, -0.05) is 32.0 Å². The summed E-state index contributed by atoms with van der Waals surface area (Å²) in [7, 11) is 0.